The molecule has 130 valence electrons. The summed E-state index contributed by atoms with van der Waals surface area (Å²) in [4.78, 5) is 17.0. The van der Waals surface area contributed by atoms with E-state index in [1.165, 1.54) is 35.6 Å². The number of anilines is 1. The van der Waals surface area contributed by atoms with Crippen LogP contribution in [0.5, 0.6) is 0 Å². The summed E-state index contributed by atoms with van der Waals surface area (Å²) in [5, 5.41) is 3.83. The van der Waals surface area contributed by atoms with Crippen LogP contribution in [0.3, 0.4) is 0 Å². The summed E-state index contributed by atoms with van der Waals surface area (Å²) in [6, 6.07) is 9.50. The molecule has 0 saturated carbocycles. The molecular formula is C17H15ClN2O3S2. The van der Waals surface area contributed by atoms with E-state index in [9.17, 15) is 13.2 Å². The van der Waals surface area contributed by atoms with Gasteiger partial charge >= 0.3 is 0 Å². The van der Waals surface area contributed by atoms with Gasteiger partial charge in [0.2, 0.25) is 0 Å². The minimum Gasteiger partial charge on any atom is -0.298 e. The maximum Gasteiger partial charge on any atom is 0.257 e. The van der Waals surface area contributed by atoms with Gasteiger partial charge in [-0.3, -0.25) is 10.1 Å². The fraction of sp³-hybridized carbons (Fsp3) is 0.176. The van der Waals surface area contributed by atoms with Crippen molar-refractivity contribution in [2.45, 2.75) is 18.7 Å². The van der Waals surface area contributed by atoms with Crippen molar-refractivity contribution in [2.24, 2.45) is 0 Å². The van der Waals surface area contributed by atoms with Crippen molar-refractivity contribution in [1.29, 1.82) is 0 Å². The number of aryl methyl sites for hydroxylation is 1. The zero-order valence-electron chi connectivity index (χ0n) is 13.5. The normalized spacial score (nSPS) is 11.6. The molecule has 25 heavy (non-hydrogen) atoms. The van der Waals surface area contributed by atoms with E-state index in [0.717, 1.165) is 15.8 Å². The first-order valence-corrected chi connectivity index (χ1v) is 10.4. The van der Waals surface area contributed by atoms with Crippen LogP contribution in [-0.4, -0.2) is 25.1 Å². The van der Waals surface area contributed by atoms with Crippen molar-refractivity contribution in [1.82, 2.24) is 4.98 Å². The zero-order valence-corrected chi connectivity index (χ0v) is 15.9. The number of halogens is 1. The lowest BCUT2D eigenvalue weighted by Crippen LogP contribution is -2.12. The molecule has 0 radical (unpaired) electrons. The van der Waals surface area contributed by atoms with Gasteiger partial charge in [0, 0.05) is 10.6 Å². The standard InChI is InChI=1S/C17H15ClN2O3S2/c1-3-25(22,23)13-6-4-11(5-7-13)16(21)20-17-19-15-10(2)8-12(18)9-14(15)24-17/h4-9H,3H2,1-2H3,(H,19,20,21). The number of hydrogen-bond donors (Lipinski definition) is 1. The second-order valence-electron chi connectivity index (χ2n) is 5.47. The van der Waals surface area contributed by atoms with Gasteiger partial charge in [-0.15, -0.1) is 0 Å². The summed E-state index contributed by atoms with van der Waals surface area (Å²) < 4.78 is 24.5. The lowest BCUT2D eigenvalue weighted by atomic mass is 10.2. The topological polar surface area (TPSA) is 76.1 Å². The SMILES string of the molecule is CCS(=O)(=O)c1ccc(C(=O)Nc2nc3c(C)cc(Cl)cc3s2)cc1. The summed E-state index contributed by atoms with van der Waals surface area (Å²) in [6.07, 6.45) is 0. The Morgan fingerprint density at radius 3 is 2.56 bits per heavy atom. The molecule has 1 heterocycles. The molecule has 8 heteroatoms. The van der Waals surface area contributed by atoms with E-state index < -0.39 is 9.84 Å². The molecule has 0 fully saturated rings. The molecule has 0 saturated heterocycles. The van der Waals surface area contributed by atoms with Crippen LogP contribution in [0.15, 0.2) is 41.3 Å². The lowest BCUT2D eigenvalue weighted by molar-refractivity contribution is 0.102. The molecule has 3 aromatic rings. The van der Waals surface area contributed by atoms with Crippen molar-refractivity contribution >= 4 is 54.0 Å². The van der Waals surface area contributed by atoms with Crippen LogP contribution in [-0.2, 0) is 9.84 Å². The fourth-order valence-electron chi connectivity index (χ4n) is 2.36. The maximum atomic E-state index is 12.4. The van der Waals surface area contributed by atoms with Crippen molar-refractivity contribution in [3.05, 3.63) is 52.5 Å². The van der Waals surface area contributed by atoms with Gasteiger partial charge < -0.3 is 0 Å². The quantitative estimate of drug-likeness (QED) is 0.715. The molecule has 1 N–H and O–H groups in total. The molecule has 1 amide bonds. The third kappa shape index (κ3) is 3.68. The zero-order chi connectivity index (χ0) is 18.2. The molecule has 3 rings (SSSR count). The summed E-state index contributed by atoms with van der Waals surface area (Å²) in [5.41, 5.74) is 2.10. The monoisotopic (exact) mass is 394 g/mol. The van der Waals surface area contributed by atoms with Crippen LogP contribution in [0.4, 0.5) is 5.13 Å². The molecule has 0 unspecified atom stereocenters. The fourth-order valence-corrected chi connectivity index (χ4v) is 4.56. The Morgan fingerprint density at radius 2 is 1.92 bits per heavy atom. The highest BCUT2D eigenvalue weighted by molar-refractivity contribution is 7.91. The Bertz CT molecular complexity index is 1060. The second kappa shape index (κ2) is 6.74. The molecule has 0 spiro atoms. The number of carbonyl (C=O) groups excluding carboxylic acids is 1. The van der Waals surface area contributed by atoms with Crippen LogP contribution in [0.25, 0.3) is 10.2 Å². The molecule has 0 bridgehead atoms. The van der Waals surface area contributed by atoms with Gasteiger partial charge in [-0.2, -0.15) is 0 Å². The number of nitrogens with zero attached hydrogens (tertiary/aromatic N) is 1. The third-order valence-corrected chi connectivity index (χ3v) is 6.61. The van der Waals surface area contributed by atoms with E-state index in [-0.39, 0.29) is 16.6 Å². The highest BCUT2D eigenvalue weighted by Gasteiger charge is 2.14. The molecular weight excluding hydrogens is 380 g/mol. The molecule has 0 aliphatic rings. The first-order valence-electron chi connectivity index (χ1n) is 7.51. The minimum absolute atomic E-state index is 0.0200. The van der Waals surface area contributed by atoms with Gasteiger partial charge in [0.25, 0.3) is 5.91 Å². The van der Waals surface area contributed by atoms with Crippen LogP contribution in [0.2, 0.25) is 5.02 Å². The number of benzene rings is 2. The first kappa shape index (κ1) is 17.8. The van der Waals surface area contributed by atoms with Gasteiger partial charge in [0.15, 0.2) is 15.0 Å². The van der Waals surface area contributed by atoms with Crippen LogP contribution in [0, 0.1) is 6.92 Å². The van der Waals surface area contributed by atoms with Gasteiger partial charge in [-0.05, 0) is 48.9 Å². The van der Waals surface area contributed by atoms with Crippen molar-refractivity contribution in [3.63, 3.8) is 0 Å². The second-order valence-corrected chi connectivity index (χ2v) is 9.22. The number of carbonyl (C=O) groups is 1. The van der Waals surface area contributed by atoms with Crippen LogP contribution >= 0.6 is 22.9 Å². The van der Waals surface area contributed by atoms with E-state index in [1.807, 2.05) is 19.1 Å². The smallest absolute Gasteiger partial charge is 0.257 e. The van der Waals surface area contributed by atoms with E-state index in [2.05, 4.69) is 10.3 Å². The molecule has 0 aliphatic carbocycles. The number of amides is 1. The van der Waals surface area contributed by atoms with E-state index in [4.69, 9.17) is 11.6 Å². The number of hydrogen-bond acceptors (Lipinski definition) is 5. The highest BCUT2D eigenvalue weighted by Crippen LogP contribution is 2.31. The molecule has 5 nitrogen and oxygen atoms in total. The van der Waals surface area contributed by atoms with Gasteiger partial charge in [0.1, 0.15) is 0 Å². The largest absolute Gasteiger partial charge is 0.298 e. The van der Waals surface area contributed by atoms with Gasteiger partial charge in [-0.25, -0.2) is 13.4 Å². The predicted molar refractivity (Wildman–Crippen MR) is 101 cm³/mol. The van der Waals surface area contributed by atoms with Gasteiger partial charge in [0.05, 0.1) is 20.9 Å². The van der Waals surface area contributed by atoms with Crippen LogP contribution in [0.1, 0.15) is 22.8 Å². The summed E-state index contributed by atoms with van der Waals surface area (Å²) in [5.74, 6) is -0.324. The number of aromatic nitrogens is 1. The maximum absolute atomic E-state index is 12.4. The molecule has 2 aromatic carbocycles. The summed E-state index contributed by atoms with van der Waals surface area (Å²) in [7, 11) is -3.28. The molecule has 0 aliphatic heterocycles. The van der Waals surface area contributed by atoms with E-state index in [1.54, 1.807) is 6.92 Å². The van der Waals surface area contributed by atoms with Gasteiger partial charge in [-0.1, -0.05) is 29.9 Å². The average molecular weight is 395 g/mol. The third-order valence-electron chi connectivity index (χ3n) is 3.73. The summed E-state index contributed by atoms with van der Waals surface area (Å²) >= 11 is 7.38. The lowest BCUT2D eigenvalue weighted by Gasteiger charge is -2.04. The Hall–Kier alpha value is -1.96. The Labute approximate surface area is 154 Å². The first-order chi connectivity index (χ1) is 11.8. The summed E-state index contributed by atoms with van der Waals surface area (Å²) in [6.45, 7) is 3.49. The highest BCUT2D eigenvalue weighted by atomic mass is 35.5. The minimum atomic E-state index is -3.28. The van der Waals surface area contributed by atoms with Crippen molar-refractivity contribution in [3.8, 4) is 0 Å². The number of thiazole rings is 1. The molecule has 0 atom stereocenters. The number of fused-ring (bicyclic) bond motifs is 1. The Morgan fingerprint density at radius 1 is 1.24 bits per heavy atom. The number of rotatable bonds is 4. The molecule has 1 aromatic heterocycles. The number of nitrogens with one attached hydrogen (secondary N) is 1. The Kier molecular flexibility index (Phi) is 4.81. The van der Waals surface area contributed by atoms with Crippen LogP contribution < -0.4 is 5.32 Å². The van der Waals surface area contributed by atoms with Crippen molar-refractivity contribution < 1.29 is 13.2 Å². The van der Waals surface area contributed by atoms with E-state index >= 15 is 0 Å². The van der Waals surface area contributed by atoms with E-state index in [0.29, 0.717) is 15.7 Å². The predicted octanol–water partition coefficient (Wildman–Crippen LogP) is 4.30. The number of sulfone groups is 1. The Balaban J connectivity index is 1.84. The average Bonchev–Trinajstić information content (AvgIpc) is 2.97. The van der Waals surface area contributed by atoms with Crippen molar-refractivity contribution in [2.75, 3.05) is 11.1 Å².